The molecular weight excluding hydrogens is 870 g/mol. The fraction of sp³-hybridized carbons (Fsp3) is 0.182. The fourth-order valence-electron chi connectivity index (χ4n) is 6.67. The van der Waals surface area contributed by atoms with Crippen LogP contribution in [0.4, 0.5) is 0 Å². The number of nitrogens with zero attached hydrogens (tertiary/aromatic N) is 5. The molecule has 5 heterocycles. The number of hydroxylamine groups is 2. The summed E-state index contributed by atoms with van der Waals surface area (Å²) in [4.78, 5) is 66.1. The van der Waals surface area contributed by atoms with Crippen LogP contribution in [0.5, 0.6) is 0 Å². The fourth-order valence-corrected chi connectivity index (χ4v) is 7.43. The Hall–Kier alpha value is -5.64. The van der Waals surface area contributed by atoms with Gasteiger partial charge in [0, 0.05) is 41.3 Å². The molecule has 294 valence electrons. The van der Waals surface area contributed by atoms with E-state index in [1.54, 1.807) is 48.8 Å². The van der Waals surface area contributed by atoms with Crippen molar-refractivity contribution in [3.8, 4) is 0 Å². The largest absolute Gasteiger partial charge is 0.348 e. The van der Waals surface area contributed by atoms with Crippen LogP contribution in [0, 0.1) is 0 Å². The van der Waals surface area contributed by atoms with E-state index in [0.29, 0.717) is 48.2 Å². The van der Waals surface area contributed by atoms with E-state index in [1.807, 2.05) is 81.9 Å². The summed E-state index contributed by atoms with van der Waals surface area (Å²) in [6, 6.07) is 32.9. The quantitative estimate of drug-likeness (QED) is 0.0811. The maximum atomic E-state index is 13.7. The van der Waals surface area contributed by atoms with Gasteiger partial charge in [-0.05, 0) is 86.8 Å². The standard InChI is InChI=1S/C26H21BrN2O4.C18H16BrN3O3/c27-23-12-5-7-17(28-23)15-29-16-21(25(31)20-10-3-4-11-22(20)29)24(30)18-8-1-2-9-19(18)26-32-13-6-14-33-26;1-21(25-2)18(24)14-11-22(10-12-6-5-9-16(19)20-12)15-8-4-3-7-13(15)17(14)23/h1-5,7-12,16,26H,6,13-15H2;3-9,11H,10H2,1-2H3. The second kappa shape index (κ2) is 18.3. The van der Waals surface area contributed by atoms with Crippen molar-refractivity contribution in [1.82, 2.24) is 24.2 Å². The van der Waals surface area contributed by atoms with Crippen molar-refractivity contribution in [3.63, 3.8) is 0 Å². The third kappa shape index (κ3) is 8.91. The lowest BCUT2D eigenvalue weighted by molar-refractivity contribution is -0.183. The molecule has 7 aromatic rings. The molecule has 0 spiro atoms. The van der Waals surface area contributed by atoms with Gasteiger partial charge in [0.15, 0.2) is 12.1 Å². The van der Waals surface area contributed by atoms with E-state index in [4.69, 9.17) is 14.3 Å². The number of ether oxygens (including phenoxy) is 2. The van der Waals surface area contributed by atoms with Crippen molar-refractivity contribution in [2.75, 3.05) is 27.4 Å². The Labute approximate surface area is 349 Å². The highest BCUT2D eigenvalue weighted by Crippen LogP contribution is 2.28. The zero-order chi connectivity index (χ0) is 40.8. The monoisotopic (exact) mass is 905 g/mol. The molecule has 1 aliphatic heterocycles. The van der Waals surface area contributed by atoms with Crippen LogP contribution < -0.4 is 10.9 Å². The number of rotatable bonds is 9. The lowest BCUT2D eigenvalue weighted by Crippen LogP contribution is -2.31. The summed E-state index contributed by atoms with van der Waals surface area (Å²) in [6.07, 6.45) is 3.39. The normalized spacial score (nSPS) is 12.9. The third-order valence-corrected chi connectivity index (χ3v) is 10.4. The highest BCUT2D eigenvalue weighted by molar-refractivity contribution is 9.10. The second-order valence-corrected chi connectivity index (χ2v) is 14.9. The van der Waals surface area contributed by atoms with Crippen molar-refractivity contribution in [3.05, 3.63) is 185 Å². The van der Waals surface area contributed by atoms with Crippen LogP contribution in [0.2, 0.25) is 0 Å². The van der Waals surface area contributed by atoms with Crippen LogP contribution in [0.25, 0.3) is 21.8 Å². The van der Waals surface area contributed by atoms with E-state index in [9.17, 15) is 19.2 Å². The number of hydrogen-bond acceptors (Lipinski definition) is 9. The van der Waals surface area contributed by atoms with Crippen LogP contribution in [-0.4, -0.2) is 63.2 Å². The molecule has 8 rings (SSSR count). The molecule has 1 amide bonds. The molecular formula is C44H37Br2N5O7. The summed E-state index contributed by atoms with van der Waals surface area (Å²) in [7, 11) is 2.85. The van der Waals surface area contributed by atoms with Gasteiger partial charge in [0.2, 0.25) is 10.9 Å². The summed E-state index contributed by atoms with van der Waals surface area (Å²) in [5, 5.41) is 2.00. The van der Waals surface area contributed by atoms with E-state index in [-0.39, 0.29) is 27.8 Å². The molecule has 0 radical (unpaired) electrons. The molecule has 1 saturated heterocycles. The number of halogens is 2. The molecule has 0 bridgehead atoms. The molecule has 58 heavy (non-hydrogen) atoms. The number of para-hydroxylation sites is 2. The number of hydrogen-bond donors (Lipinski definition) is 0. The first-order valence-electron chi connectivity index (χ1n) is 18.3. The van der Waals surface area contributed by atoms with Crippen LogP contribution in [0.1, 0.15) is 55.9 Å². The Bertz CT molecular complexity index is 2770. The second-order valence-electron chi connectivity index (χ2n) is 13.3. The number of carbonyl (C=O) groups is 2. The number of ketones is 1. The summed E-state index contributed by atoms with van der Waals surface area (Å²) in [5.74, 6) is -0.843. The topological polar surface area (TPSA) is 135 Å². The zero-order valence-electron chi connectivity index (χ0n) is 31.5. The van der Waals surface area contributed by atoms with Gasteiger partial charge >= 0.3 is 0 Å². The lowest BCUT2D eigenvalue weighted by Gasteiger charge is -2.25. The van der Waals surface area contributed by atoms with E-state index in [1.165, 1.54) is 14.2 Å². The Balaban J connectivity index is 0.000000184. The average molecular weight is 908 g/mol. The number of carbonyl (C=O) groups excluding carboxylic acids is 2. The number of aromatic nitrogens is 4. The van der Waals surface area contributed by atoms with E-state index >= 15 is 0 Å². The lowest BCUT2D eigenvalue weighted by atomic mass is 9.97. The molecule has 0 N–H and O–H groups in total. The Morgan fingerprint density at radius 3 is 1.74 bits per heavy atom. The highest BCUT2D eigenvalue weighted by atomic mass is 79.9. The number of pyridine rings is 4. The van der Waals surface area contributed by atoms with Crippen molar-refractivity contribution < 1.29 is 23.9 Å². The highest BCUT2D eigenvalue weighted by Gasteiger charge is 2.26. The van der Waals surface area contributed by atoms with Crippen molar-refractivity contribution in [2.45, 2.75) is 25.8 Å². The minimum atomic E-state index is -0.618. The van der Waals surface area contributed by atoms with Gasteiger partial charge in [0.05, 0.1) is 61.4 Å². The van der Waals surface area contributed by atoms with Gasteiger partial charge in [-0.3, -0.25) is 24.0 Å². The van der Waals surface area contributed by atoms with Gasteiger partial charge in [-0.25, -0.2) is 15.0 Å². The first kappa shape index (κ1) is 40.6. The molecule has 1 aliphatic rings. The molecule has 1 fully saturated rings. The van der Waals surface area contributed by atoms with Gasteiger partial charge in [-0.2, -0.15) is 0 Å². The van der Waals surface area contributed by atoms with Crippen LogP contribution in [0.3, 0.4) is 0 Å². The molecule has 3 aromatic carbocycles. The van der Waals surface area contributed by atoms with Crippen molar-refractivity contribution >= 4 is 65.4 Å². The minimum absolute atomic E-state index is 0.0537. The van der Waals surface area contributed by atoms with Crippen LogP contribution in [-0.2, 0) is 27.4 Å². The van der Waals surface area contributed by atoms with E-state index in [0.717, 1.165) is 43.1 Å². The van der Waals surface area contributed by atoms with E-state index < -0.39 is 12.2 Å². The molecule has 0 atom stereocenters. The van der Waals surface area contributed by atoms with Crippen molar-refractivity contribution in [1.29, 1.82) is 0 Å². The maximum Gasteiger partial charge on any atom is 0.282 e. The van der Waals surface area contributed by atoms with E-state index in [2.05, 4.69) is 41.8 Å². The summed E-state index contributed by atoms with van der Waals surface area (Å²) in [5.41, 5.74) is 3.68. The van der Waals surface area contributed by atoms with Crippen LogP contribution in [0.15, 0.2) is 140 Å². The molecule has 4 aromatic heterocycles. The van der Waals surface area contributed by atoms with Gasteiger partial charge in [-0.1, -0.05) is 60.7 Å². The smallest absolute Gasteiger partial charge is 0.282 e. The first-order chi connectivity index (χ1) is 28.1. The minimum Gasteiger partial charge on any atom is -0.348 e. The summed E-state index contributed by atoms with van der Waals surface area (Å²) >= 11 is 6.76. The number of fused-ring (bicyclic) bond motifs is 2. The molecule has 0 aliphatic carbocycles. The Morgan fingerprint density at radius 1 is 0.690 bits per heavy atom. The van der Waals surface area contributed by atoms with Crippen molar-refractivity contribution in [2.24, 2.45) is 0 Å². The molecule has 14 heteroatoms. The van der Waals surface area contributed by atoms with Gasteiger partial charge in [0.25, 0.3) is 5.91 Å². The summed E-state index contributed by atoms with van der Waals surface area (Å²) in [6.45, 7) is 1.97. The summed E-state index contributed by atoms with van der Waals surface area (Å²) < 4.78 is 16.7. The average Bonchev–Trinajstić information content (AvgIpc) is 3.25. The first-order valence-corrected chi connectivity index (χ1v) is 19.9. The zero-order valence-corrected chi connectivity index (χ0v) is 34.7. The maximum absolute atomic E-state index is 13.7. The Morgan fingerprint density at radius 2 is 1.19 bits per heavy atom. The predicted molar refractivity (Wildman–Crippen MR) is 227 cm³/mol. The van der Waals surface area contributed by atoms with Gasteiger partial charge in [-0.15, -0.1) is 0 Å². The SMILES string of the molecule is CON(C)C(=O)c1cn(Cc2cccc(Br)n2)c2ccccc2c1=O.O=C(c1ccccc1C1OCCCO1)c1cn(Cc2cccc(Br)n2)c2ccccc2c1=O. The predicted octanol–water partition coefficient (Wildman–Crippen LogP) is 7.71. The molecule has 12 nitrogen and oxygen atoms in total. The van der Waals surface area contributed by atoms with Gasteiger partial charge < -0.3 is 18.6 Å². The third-order valence-electron chi connectivity index (χ3n) is 9.51. The molecule has 0 unspecified atom stereocenters. The van der Waals surface area contributed by atoms with Gasteiger partial charge in [0.1, 0.15) is 14.8 Å². The van der Waals surface area contributed by atoms with Crippen LogP contribution >= 0.6 is 31.9 Å². The molecule has 0 saturated carbocycles. The number of amides is 1. The Kier molecular flexibility index (Phi) is 12.8. The number of benzene rings is 3.